The van der Waals surface area contributed by atoms with E-state index in [1.165, 1.54) is 12.1 Å². The van der Waals surface area contributed by atoms with Crippen LogP contribution < -0.4 is 10.1 Å². The first kappa shape index (κ1) is 14.7. The molecule has 2 aromatic carbocycles. The SMILES string of the molecule is CCNc1cccc(Oc2ccc(F)cc2F)c1[N+](=O)[O-]. The van der Waals surface area contributed by atoms with Crippen LogP contribution in [0.2, 0.25) is 0 Å². The third-order valence-electron chi connectivity index (χ3n) is 2.66. The summed E-state index contributed by atoms with van der Waals surface area (Å²) >= 11 is 0. The number of para-hydroxylation sites is 1. The molecule has 5 nitrogen and oxygen atoms in total. The molecule has 0 heterocycles. The highest BCUT2D eigenvalue weighted by Gasteiger charge is 2.22. The van der Waals surface area contributed by atoms with Crippen LogP contribution in [0.25, 0.3) is 0 Å². The van der Waals surface area contributed by atoms with Crippen LogP contribution in [0.4, 0.5) is 20.2 Å². The normalized spacial score (nSPS) is 10.2. The van der Waals surface area contributed by atoms with Crippen molar-refractivity contribution >= 4 is 11.4 Å². The van der Waals surface area contributed by atoms with Gasteiger partial charge in [0.1, 0.15) is 11.5 Å². The van der Waals surface area contributed by atoms with Gasteiger partial charge in [-0.05, 0) is 31.2 Å². The minimum atomic E-state index is -0.932. The number of hydrogen-bond donors (Lipinski definition) is 1. The lowest BCUT2D eigenvalue weighted by atomic mass is 10.2. The van der Waals surface area contributed by atoms with Gasteiger partial charge in [0, 0.05) is 12.6 Å². The van der Waals surface area contributed by atoms with Crippen LogP contribution in [0.5, 0.6) is 11.5 Å². The van der Waals surface area contributed by atoms with Crippen molar-refractivity contribution in [1.29, 1.82) is 0 Å². The monoisotopic (exact) mass is 294 g/mol. The predicted molar refractivity (Wildman–Crippen MR) is 73.7 cm³/mol. The average Bonchev–Trinajstić information content (AvgIpc) is 2.42. The first-order chi connectivity index (χ1) is 10.0. The molecular formula is C14H12F2N2O3. The molecule has 0 aromatic heterocycles. The van der Waals surface area contributed by atoms with Gasteiger partial charge in [0.15, 0.2) is 11.6 Å². The Morgan fingerprint density at radius 3 is 2.62 bits per heavy atom. The van der Waals surface area contributed by atoms with Crippen LogP contribution in [0.3, 0.4) is 0 Å². The third-order valence-corrected chi connectivity index (χ3v) is 2.66. The number of nitrogens with zero attached hydrogens (tertiary/aromatic N) is 1. The smallest absolute Gasteiger partial charge is 0.334 e. The second-order valence-electron chi connectivity index (χ2n) is 4.12. The second-order valence-corrected chi connectivity index (χ2v) is 4.12. The molecule has 21 heavy (non-hydrogen) atoms. The average molecular weight is 294 g/mol. The van der Waals surface area contributed by atoms with Crippen molar-refractivity contribution < 1.29 is 18.4 Å². The van der Waals surface area contributed by atoms with Gasteiger partial charge in [-0.15, -0.1) is 0 Å². The van der Waals surface area contributed by atoms with Crippen LogP contribution >= 0.6 is 0 Å². The molecule has 0 saturated carbocycles. The van der Waals surface area contributed by atoms with Crippen molar-refractivity contribution in [2.75, 3.05) is 11.9 Å². The lowest BCUT2D eigenvalue weighted by molar-refractivity contribution is -0.384. The standard InChI is InChI=1S/C14H12F2N2O3/c1-2-17-11-4-3-5-13(14(11)18(19)20)21-12-7-6-9(15)8-10(12)16/h3-8,17H,2H2,1H3. The Kier molecular flexibility index (Phi) is 4.32. The Hall–Kier alpha value is -2.70. The molecule has 0 amide bonds. The van der Waals surface area contributed by atoms with Crippen molar-refractivity contribution in [1.82, 2.24) is 0 Å². The highest BCUT2D eigenvalue weighted by molar-refractivity contribution is 5.69. The van der Waals surface area contributed by atoms with E-state index in [2.05, 4.69) is 5.32 Å². The maximum absolute atomic E-state index is 13.6. The van der Waals surface area contributed by atoms with Gasteiger partial charge >= 0.3 is 5.69 Å². The number of nitro groups is 1. The van der Waals surface area contributed by atoms with Crippen LogP contribution in [-0.2, 0) is 0 Å². The molecule has 0 bridgehead atoms. The third kappa shape index (κ3) is 3.25. The lowest BCUT2D eigenvalue weighted by Crippen LogP contribution is -2.03. The van der Waals surface area contributed by atoms with E-state index in [4.69, 9.17) is 4.74 Å². The summed E-state index contributed by atoms with van der Waals surface area (Å²) in [6.45, 7) is 2.27. The summed E-state index contributed by atoms with van der Waals surface area (Å²) in [5, 5.41) is 14.0. The van der Waals surface area contributed by atoms with Gasteiger partial charge in [-0.1, -0.05) is 6.07 Å². The van der Waals surface area contributed by atoms with Gasteiger partial charge in [-0.3, -0.25) is 10.1 Å². The van der Waals surface area contributed by atoms with Gasteiger partial charge in [0.05, 0.1) is 4.92 Å². The van der Waals surface area contributed by atoms with Crippen molar-refractivity contribution in [2.24, 2.45) is 0 Å². The number of anilines is 1. The zero-order valence-corrected chi connectivity index (χ0v) is 11.1. The lowest BCUT2D eigenvalue weighted by Gasteiger charge is -2.10. The fourth-order valence-electron chi connectivity index (χ4n) is 1.80. The Labute approximate surface area is 119 Å². The number of halogens is 2. The van der Waals surface area contributed by atoms with E-state index in [1.54, 1.807) is 13.0 Å². The summed E-state index contributed by atoms with van der Waals surface area (Å²) in [7, 11) is 0. The zero-order chi connectivity index (χ0) is 15.4. The molecule has 0 saturated heterocycles. The minimum Gasteiger partial charge on any atom is -0.447 e. The molecule has 2 rings (SSSR count). The first-order valence-corrected chi connectivity index (χ1v) is 6.17. The van der Waals surface area contributed by atoms with Crippen molar-refractivity contribution in [3.05, 3.63) is 58.1 Å². The van der Waals surface area contributed by atoms with Crippen LogP contribution in [0.15, 0.2) is 36.4 Å². The molecule has 1 N–H and O–H groups in total. The van der Waals surface area contributed by atoms with E-state index >= 15 is 0 Å². The molecule has 0 fully saturated rings. The molecule has 0 radical (unpaired) electrons. The van der Waals surface area contributed by atoms with E-state index in [1.807, 2.05) is 0 Å². The summed E-state index contributed by atoms with van der Waals surface area (Å²) < 4.78 is 31.6. The van der Waals surface area contributed by atoms with E-state index in [0.717, 1.165) is 12.1 Å². The van der Waals surface area contributed by atoms with Crippen molar-refractivity contribution in [3.8, 4) is 11.5 Å². The summed E-state index contributed by atoms with van der Waals surface area (Å²) in [5.41, 5.74) is -0.0365. The quantitative estimate of drug-likeness (QED) is 0.666. The molecule has 0 aliphatic rings. The number of hydrogen-bond acceptors (Lipinski definition) is 4. The summed E-state index contributed by atoms with van der Waals surface area (Å²) in [6.07, 6.45) is 0. The fraction of sp³-hybridized carbons (Fsp3) is 0.143. The zero-order valence-electron chi connectivity index (χ0n) is 11.1. The molecule has 110 valence electrons. The summed E-state index contributed by atoms with van der Waals surface area (Å²) in [4.78, 5) is 10.6. The van der Waals surface area contributed by atoms with E-state index < -0.39 is 16.6 Å². The van der Waals surface area contributed by atoms with Gasteiger partial charge in [-0.25, -0.2) is 8.78 Å². The first-order valence-electron chi connectivity index (χ1n) is 6.17. The van der Waals surface area contributed by atoms with E-state index in [0.29, 0.717) is 12.6 Å². The highest BCUT2D eigenvalue weighted by Crippen LogP contribution is 2.38. The summed E-state index contributed by atoms with van der Waals surface area (Å²) in [6, 6.07) is 7.15. The minimum absolute atomic E-state index is 0.121. The van der Waals surface area contributed by atoms with Crippen LogP contribution in [-0.4, -0.2) is 11.5 Å². The van der Waals surface area contributed by atoms with Crippen LogP contribution in [0.1, 0.15) is 6.92 Å². The number of ether oxygens (including phenoxy) is 1. The van der Waals surface area contributed by atoms with E-state index in [9.17, 15) is 18.9 Å². The van der Waals surface area contributed by atoms with Gasteiger partial charge < -0.3 is 10.1 Å². The molecular weight excluding hydrogens is 282 g/mol. The Balaban J connectivity index is 2.43. The predicted octanol–water partition coefficient (Wildman–Crippen LogP) is 4.10. The van der Waals surface area contributed by atoms with Gasteiger partial charge in [-0.2, -0.15) is 0 Å². The van der Waals surface area contributed by atoms with Crippen LogP contribution in [0, 0.1) is 21.7 Å². The molecule has 2 aromatic rings. The second kappa shape index (κ2) is 6.17. The Morgan fingerprint density at radius 1 is 1.24 bits per heavy atom. The maximum atomic E-state index is 13.6. The molecule has 0 aliphatic carbocycles. The molecule has 0 atom stereocenters. The molecule has 7 heteroatoms. The highest BCUT2D eigenvalue weighted by atomic mass is 19.1. The molecule has 0 aliphatic heterocycles. The van der Waals surface area contributed by atoms with E-state index in [-0.39, 0.29) is 22.9 Å². The van der Waals surface area contributed by atoms with Crippen molar-refractivity contribution in [2.45, 2.75) is 6.92 Å². The van der Waals surface area contributed by atoms with Crippen molar-refractivity contribution in [3.63, 3.8) is 0 Å². The largest absolute Gasteiger partial charge is 0.447 e. The summed E-state index contributed by atoms with van der Waals surface area (Å²) in [5.74, 6) is -2.09. The molecule has 0 unspecified atom stereocenters. The Morgan fingerprint density at radius 2 is 2.00 bits per heavy atom. The molecule has 0 spiro atoms. The van der Waals surface area contributed by atoms with Gasteiger partial charge in [0.25, 0.3) is 0 Å². The maximum Gasteiger partial charge on any atom is 0.334 e. The topological polar surface area (TPSA) is 64.4 Å². The number of nitro benzene ring substituents is 1. The number of nitrogens with one attached hydrogen (secondary N) is 1. The fourth-order valence-corrected chi connectivity index (χ4v) is 1.80. The number of benzene rings is 2. The van der Waals surface area contributed by atoms with Gasteiger partial charge in [0.2, 0.25) is 5.75 Å². The Bertz CT molecular complexity index is 677. The number of rotatable bonds is 5.